The maximum Gasteiger partial charge on any atom is 0.148 e. The average molecular weight is 295 g/mol. The summed E-state index contributed by atoms with van der Waals surface area (Å²) in [4.78, 5) is 0. The standard InChI is InChI=1S/C13H12BrFN2/c1-8-9(14)4-2-6-11(8)17-12-7-3-5-10(15)13(12)16/h2-7,17H,16H2,1H3. The monoisotopic (exact) mass is 294 g/mol. The maximum atomic E-state index is 13.3. The van der Waals surface area contributed by atoms with Crippen LogP contribution in [0.15, 0.2) is 40.9 Å². The molecule has 0 saturated carbocycles. The lowest BCUT2D eigenvalue weighted by Gasteiger charge is -2.12. The molecule has 0 atom stereocenters. The Morgan fingerprint density at radius 1 is 1.12 bits per heavy atom. The van der Waals surface area contributed by atoms with Crippen LogP contribution in [0.5, 0.6) is 0 Å². The first-order valence-electron chi connectivity index (χ1n) is 5.15. The van der Waals surface area contributed by atoms with Gasteiger partial charge in [-0.3, -0.25) is 0 Å². The van der Waals surface area contributed by atoms with E-state index in [1.54, 1.807) is 12.1 Å². The number of benzene rings is 2. The van der Waals surface area contributed by atoms with Gasteiger partial charge in [0.05, 0.1) is 11.4 Å². The van der Waals surface area contributed by atoms with Crippen LogP contribution in [-0.4, -0.2) is 0 Å². The SMILES string of the molecule is Cc1c(Br)cccc1Nc1cccc(F)c1N. The second kappa shape index (κ2) is 4.75. The molecule has 0 fully saturated rings. The molecule has 0 saturated heterocycles. The maximum absolute atomic E-state index is 13.3. The summed E-state index contributed by atoms with van der Waals surface area (Å²) >= 11 is 3.45. The molecule has 0 aromatic heterocycles. The summed E-state index contributed by atoms with van der Waals surface area (Å²) in [5.41, 5.74) is 8.33. The van der Waals surface area contributed by atoms with E-state index in [0.717, 1.165) is 15.7 Å². The van der Waals surface area contributed by atoms with E-state index in [9.17, 15) is 4.39 Å². The normalized spacial score (nSPS) is 10.3. The molecule has 2 aromatic rings. The van der Waals surface area contributed by atoms with Crippen molar-refractivity contribution < 1.29 is 4.39 Å². The zero-order valence-corrected chi connectivity index (χ0v) is 10.9. The zero-order valence-electron chi connectivity index (χ0n) is 9.30. The third-order valence-corrected chi connectivity index (χ3v) is 3.45. The van der Waals surface area contributed by atoms with Crippen LogP contribution >= 0.6 is 15.9 Å². The Morgan fingerprint density at radius 3 is 2.53 bits per heavy atom. The first-order chi connectivity index (χ1) is 8.09. The Kier molecular flexibility index (Phi) is 3.33. The lowest BCUT2D eigenvalue weighted by molar-refractivity contribution is 0.633. The molecule has 0 unspecified atom stereocenters. The summed E-state index contributed by atoms with van der Waals surface area (Å²) in [6, 6.07) is 10.5. The van der Waals surface area contributed by atoms with E-state index in [1.807, 2.05) is 25.1 Å². The van der Waals surface area contributed by atoms with Crippen LogP contribution in [0.25, 0.3) is 0 Å². The van der Waals surface area contributed by atoms with Crippen molar-refractivity contribution in [2.75, 3.05) is 11.1 Å². The van der Waals surface area contributed by atoms with E-state index in [4.69, 9.17) is 5.73 Å². The van der Waals surface area contributed by atoms with Crippen molar-refractivity contribution in [3.05, 3.63) is 52.3 Å². The largest absolute Gasteiger partial charge is 0.395 e. The van der Waals surface area contributed by atoms with Gasteiger partial charge in [0.1, 0.15) is 5.82 Å². The molecular formula is C13H12BrFN2. The van der Waals surface area contributed by atoms with Gasteiger partial charge < -0.3 is 11.1 Å². The number of anilines is 3. The summed E-state index contributed by atoms with van der Waals surface area (Å²) in [6.07, 6.45) is 0. The van der Waals surface area contributed by atoms with Gasteiger partial charge in [-0.15, -0.1) is 0 Å². The van der Waals surface area contributed by atoms with E-state index in [0.29, 0.717) is 5.69 Å². The van der Waals surface area contributed by atoms with Crippen molar-refractivity contribution >= 4 is 33.0 Å². The zero-order chi connectivity index (χ0) is 12.4. The van der Waals surface area contributed by atoms with Crippen molar-refractivity contribution in [1.29, 1.82) is 0 Å². The second-order valence-electron chi connectivity index (χ2n) is 3.74. The van der Waals surface area contributed by atoms with Crippen molar-refractivity contribution in [3.63, 3.8) is 0 Å². The molecule has 0 aliphatic rings. The topological polar surface area (TPSA) is 38.0 Å². The van der Waals surface area contributed by atoms with Gasteiger partial charge in [0, 0.05) is 10.2 Å². The lowest BCUT2D eigenvalue weighted by Crippen LogP contribution is -2.00. The second-order valence-corrected chi connectivity index (χ2v) is 4.59. The minimum atomic E-state index is -0.414. The molecule has 0 amide bonds. The van der Waals surface area contributed by atoms with Gasteiger partial charge in [-0.1, -0.05) is 28.1 Å². The Bertz CT molecular complexity index is 506. The van der Waals surface area contributed by atoms with Crippen LogP contribution in [0.1, 0.15) is 5.56 Å². The van der Waals surface area contributed by atoms with Gasteiger partial charge in [-0.25, -0.2) is 4.39 Å². The van der Waals surface area contributed by atoms with E-state index >= 15 is 0 Å². The number of nitrogens with one attached hydrogen (secondary N) is 1. The third-order valence-electron chi connectivity index (χ3n) is 2.59. The van der Waals surface area contributed by atoms with Gasteiger partial charge in [0.15, 0.2) is 0 Å². The molecule has 3 N–H and O–H groups in total. The Morgan fingerprint density at radius 2 is 1.76 bits per heavy atom. The van der Waals surface area contributed by atoms with Crippen molar-refractivity contribution in [2.45, 2.75) is 6.92 Å². The highest BCUT2D eigenvalue weighted by Gasteiger charge is 2.06. The molecule has 2 rings (SSSR count). The minimum Gasteiger partial charge on any atom is -0.395 e. The molecule has 4 heteroatoms. The number of hydrogen-bond donors (Lipinski definition) is 2. The van der Waals surface area contributed by atoms with Crippen LogP contribution in [0.3, 0.4) is 0 Å². The van der Waals surface area contributed by atoms with Crippen molar-refractivity contribution in [1.82, 2.24) is 0 Å². The highest BCUT2D eigenvalue weighted by Crippen LogP contribution is 2.29. The van der Waals surface area contributed by atoms with E-state index < -0.39 is 5.82 Å². The molecule has 2 nitrogen and oxygen atoms in total. The van der Waals surface area contributed by atoms with Crippen molar-refractivity contribution in [3.8, 4) is 0 Å². The van der Waals surface area contributed by atoms with E-state index in [1.165, 1.54) is 6.07 Å². The molecular weight excluding hydrogens is 283 g/mol. The van der Waals surface area contributed by atoms with E-state index in [-0.39, 0.29) is 5.69 Å². The van der Waals surface area contributed by atoms with Crippen LogP contribution in [0, 0.1) is 12.7 Å². The molecule has 17 heavy (non-hydrogen) atoms. The molecule has 0 aliphatic heterocycles. The van der Waals surface area contributed by atoms with Gasteiger partial charge in [0.25, 0.3) is 0 Å². The Balaban J connectivity index is 2.38. The number of nitrogens with two attached hydrogens (primary N) is 1. The number of rotatable bonds is 2. The number of para-hydroxylation sites is 1. The summed E-state index contributed by atoms with van der Waals surface area (Å²) < 4.78 is 14.3. The predicted octanol–water partition coefficient (Wildman–Crippen LogP) is 4.22. The molecule has 0 spiro atoms. The number of hydrogen-bond acceptors (Lipinski definition) is 2. The van der Waals surface area contributed by atoms with Crippen LogP contribution in [0.4, 0.5) is 21.5 Å². The summed E-state index contributed by atoms with van der Waals surface area (Å²) in [5, 5.41) is 3.13. The van der Waals surface area contributed by atoms with Gasteiger partial charge >= 0.3 is 0 Å². The molecule has 88 valence electrons. The fourth-order valence-corrected chi connectivity index (χ4v) is 1.90. The Hall–Kier alpha value is -1.55. The fourth-order valence-electron chi connectivity index (χ4n) is 1.53. The van der Waals surface area contributed by atoms with Crippen LogP contribution in [0.2, 0.25) is 0 Å². The molecule has 0 aliphatic carbocycles. The van der Waals surface area contributed by atoms with Gasteiger partial charge in [0.2, 0.25) is 0 Å². The summed E-state index contributed by atoms with van der Waals surface area (Å²) in [6.45, 7) is 1.97. The van der Waals surface area contributed by atoms with Gasteiger partial charge in [-0.2, -0.15) is 0 Å². The summed E-state index contributed by atoms with van der Waals surface area (Å²) in [7, 11) is 0. The first-order valence-corrected chi connectivity index (χ1v) is 5.95. The summed E-state index contributed by atoms with van der Waals surface area (Å²) in [5.74, 6) is -0.414. The number of halogens is 2. The molecule has 0 heterocycles. The minimum absolute atomic E-state index is 0.131. The van der Waals surface area contributed by atoms with Crippen LogP contribution < -0.4 is 11.1 Å². The quantitative estimate of drug-likeness (QED) is 0.814. The fraction of sp³-hybridized carbons (Fsp3) is 0.0769. The molecule has 0 bridgehead atoms. The smallest absolute Gasteiger partial charge is 0.148 e. The number of nitrogen functional groups attached to an aromatic ring is 1. The lowest BCUT2D eigenvalue weighted by atomic mass is 10.2. The molecule has 0 radical (unpaired) electrons. The highest BCUT2D eigenvalue weighted by molar-refractivity contribution is 9.10. The Labute approximate surface area is 108 Å². The third kappa shape index (κ3) is 2.42. The predicted molar refractivity (Wildman–Crippen MR) is 73.0 cm³/mol. The molecule has 2 aromatic carbocycles. The van der Waals surface area contributed by atoms with Gasteiger partial charge in [-0.05, 0) is 36.8 Å². The van der Waals surface area contributed by atoms with Crippen molar-refractivity contribution in [2.24, 2.45) is 0 Å². The highest BCUT2D eigenvalue weighted by atomic mass is 79.9. The first kappa shape index (κ1) is 11.9. The average Bonchev–Trinajstić information content (AvgIpc) is 2.31. The van der Waals surface area contributed by atoms with Crippen LogP contribution in [-0.2, 0) is 0 Å². The van der Waals surface area contributed by atoms with E-state index in [2.05, 4.69) is 21.2 Å².